The second kappa shape index (κ2) is 9.48. The SMILES string of the molecule is Cc1ccc(NC(=O)NC(=O)C[NH+]2CC[NH+](Cc3ccccc3)CC2)c(C)c1. The number of urea groups is 1. The summed E-state index contributed by atoms with van der Waals surface area (Å²) in [4.78, 5) is 27.1. The lowest BCUT2D eigenvalue weighted by atomic mass is 10.1. The highest BCUT2D eigenvalue weighted by molar-refractivity contribution is 6.01. The van der Waals surface area contributed by atoms with E-state index >= 15 is 0 Å². The van der Waals surface area contributed by atoms with Crippen molar-refractivity contribution in [2.24, 2.45) is 0 Å². The minimum atomic E-state index is -0.468. The smallest absolute Gasteiger partial charge is 0.322 e. The molecule has 1 heterocycles. The molecule has 2 aromatic carbocycles. The number of amides is 3. The fraction of sp³-hybridized carbons (Fsp3) is 0.364. The minimum Gasteiger partial charge on any atom is -0.322 e. The fourth-order valence-electron chi connectivity index (χ4n) is 3.70. The van der Waals surface area contributed by atoms with Crippen molar-refractivity contribution in [2.45, 2.75) is 20.4 Å². The molecular formula is C22H30N4O2+2. The van der Waals surface area contributed by atoms with E-state index in [-0.39, 0.29) is 5.91 Å². The van der Waals surface area contributed by atoms with Gasteiger partial charge < -0.3 is 15.1 Å². The number of nitrogens with one attached hydrogen (secondary N) is 4. The first kappa shape index (κ1) is 20.0. The van der Waals surface area contributed by atoms with Crippen LogP contribution in [0.4, 0.5) is 10.5 Å². The molecule has 0 atom stereocenters. The largest absolute Gasteiger partial charge is 0.326 e. The van der Waals surface area contributed by atoms with Crippen LogP contribution in [0.3, 0.4) is 0 Å². The monoisotopic (exact) mass is 382 g/mol. The molecule has 6 heteroatoms. The van der Waals surface area contributed by atoms with E-state index < -0.39 is 6.03 Å². The Hall–Kier alpha value is -2.70. The Labute approximate surface area is 166 Å². The van der Waals surface area contributed by atoms with Crippen LogP contribution in [0.15, 0.2) is 48.5 Å². The summed E-state index contributed by atoms with van der Waals surface area (Å²) in [5, 5.41) is 5.21. The Morgan fingerprint density at radius 1 is 0.929 bits per heavy atom. The number of anilines is 1. The molecule has 3 rings (SSSR count). The van der Waals surface area contributed by atoms with Crippen LogP contribution in [0.2, 0.25) is 0 Å². The molecule has 1 aliphatic rings. The Morgan fingerprint density at radius 2 is 1.61 bits per heavy atom. The molecule has 1 fully saturated rings. The van der Waals surface area contributed by atoms with E-state index in [0.717, 1.165) is 49.5 Å². The molecule has 0 unspecified atom stereocenters. The van der Waals surface area contributed by atoms with Crippen molar-refractivity contribution in [3.05, 3.63) is 65.2 Å². The summed E-state index contributed by atoms with van der Waals surface area (Å²) in [6.45, 7) is 9.24. The Kier molecular flexibility index (Phi) is 6.79. The molecule has 6 nitrogen and oxygen atoms in total. The first-order chi connectivity index (χ1) is 13.5. The third-order valence-electron chi connectivity index (χ3n) is 5.25. The van der Waals surface area contributed by atoms with Gasteiger partial charge >= 0.3 is 6.03 Å². The lowest BCUT2D eigenvalue weighted by Crippen LogP contribution is -3.28. The maximum atomic E-state index is 12.2. The molecule has 0 spiro atoms. The van der Waals surface area contributed by atoms with E-state index in [9.17, 15) is 9.59 Å². The number of hydrogen-bond acceptors (Lipinski definition) is 2. The molecule has 28 heavy (non-hydrogen) atoms. The third-order valence-corrected chi connectivity index (χ3v) is 5.25. The molecule has 0 aliphatic carbocycles. The standard InChI is InChI=1S/C22H28N4O2/c1-17-8-9-20(18(2)14-17)23-22(28)24-21(27)16-26-12-10-25(11-13-26)15-19-6-4-3-5-7-19/h3-9,14H,10-13,15-16H2,1-2H3,(H2,23,24,27,28)/p+2. The van der Waals surface area contributed by atoms with Crippen molar-refractivity contribution in [3.63, 3.8) is 0 Å². The molecule has 0 aromatic heterocycles. The van der Waals surface area contributed by atoms with Crippen LogP contribution >= 0.6 is 0 Å². The van der Waals surface area contributed by atoms with Crippen molar-refractivity contribution >= 4 is 17.6 Å². The lowest BCUT2D eigenvalue weighted by molar-refractivity contribution is -1.02. The number of piperazine rings is 1. The van der Waals surface area contributed by atoms with Gasteiger partial charge in [0.25, 0.3) is 5.91 Å². The summed E-state index contributed by atoms with van der Waals surface area (Å²) in [6.07, 6.45) is 0. The number of hydrogen-bond donors (Lipinski definition) is 4. The highest BCUT2D eigenvalue weighted by Crippen LogP contribution is 2.15. The van der Waals surface area contributed by atoms with Gasteiger partial charge in [0.1, 0.15) is 32.7 Å². The van der Waals surface area contributed by atoms with E-state index in [1.807, 2.05) is 38.1 Å². The Bertz CT molecular complexity index is 815. The van der Waals surface area contributed by atoms with Gasteiger partial charge in [0.15, 0.2) is 6.54 Å². The van der Waals surface area contributed by atoms with Crippen LogP contribution in [-0.4, -0.2) is 44.7 Å². The van der Waals surface area contributed by atoms with Crippen molar-refractivity contribution in [1.29, 1.82) is 0 Å². The summed E-state index contributed by atoms with van der Waals surface area (Å²) >= 11 is 0. The summed E-state index contributed by atoms with van der Waals surface area (Å²) in [7, 11) is 0. The van der Waals surface area contributed by atoms with E-state index in [1.54, 1.807) is 4.90 Å². The van der Waals surface area contributed by atoms with Crippen LogP contribution in [0.25, 0.3) is 0 Å². The van der Waals surface area contributed by atoms with Crippen LogP contribution in [0.1, 0.15) is 16.7 Å². The predicted molar refractivity (Wildman–Crippen MR) is 109 cm³/mol. The topological polar surface area (TPSA) is 67.1 Å². The van der Waals surface area contributed by atoms with E-state index in [0.29, 0.717) is 6.54 Å². The van der Waals surface area contributed by atoms with Crippen molar-refractivity contribution in [1.82, 2.24) is 5.32 Å². The number of carbonyl (C=O) groups is 2. The average molecular weight is 383 g/mol. The van der Waals surface area contributed by atoms with Crippen LogP contribution in [0.5, 0.6) is 0 Å². The van der Waals surface area contributed by atoms with Gasteiger partial charge in [-0.05, 0) is 25.5 Å². The predicted octanol–water partition coefficient (Wildman–Crippen LogP) is -0.0649. The Balaban J connectivity index is 1.40. The highest BCUT2D eigenvalue weighted by atomic mass is 16.2. The molecule has 3 amide bonds. The first-order valence-corrected chi connectivity index (χ1v) is 9.89. The fourth-order valence-corrected chi connectivity index (χ4v) is 3.70. The third kappa shape index (κ3) is 5.90. The zero-order valence-corrected chi connectivity index (χ0v) is 16.7. The molecule has 0 saturated carbocycles. The first-order valence-electron chi connectivity index (χ1n) is 9.89. The number of rotatable bonds is 5. The zero-order valence-electron chi connectivity index (χ0n) is 16.7. The van der Waals surface area contributed by atoms with Gasteiger partial charge in [-0.3, -0.25) is 10.1 Å². The number of benzene rings is 2. The van der Waals surface area contributed by atoms with E-state index in [4.69, 9.17) is 0 Å². The second-order valence-electron chi connectivity index (χ2n) is 7.66. The van der Waals surface area contributed by atoms with Crippen molar-refractivity contribution < 1.29 is 19.4 Å². The molecule has 0 bridgehead atoms. The summed E-state index contributed by atoms with van der Waals surface area (Å²) in [6, 6.07) is 15.8. The van der Waals surface area contributed by atoms with Gasteiger partial charge in [-0.15, -0.1) is 0 Å². The number of aryl methyl sites for hydroxylation is 2. The van der Waals surface area contributed by atoms with Crippen molar-refractivity contribution in [3.8, 4) is 0 Å². The molecular weight excluding hydrogens is 352 g/mol. The van der Waals surface area contributed by atoms with Gasteiger partial charge in [0.05, 0.1) is 0 Å². The van der Waals surface area contributed by atoms with E-state index in [1.165, 1.54) is 10.5 Å². The number of imide groups is 1. The zero-order chi connectivity index (χ0) is 19.9. The minimum absolute atomic E-state index is 0.233. The number of carbonyl (C=O) groups excluding carboxylic acids is 2. The molecule has 1 aliphatic heterocycles. The molecule has 1 saturated heterocycles. The maximum absolute atomic E-state index is 12.2. The lowest BCUT2D eigenvalue weighted by Gasteiger charge is -2.29. The molecule has 2 aromatic rings. The van der Waals surface area contributed by atoms with Gasteiger partial charge in [-0.1, -0.05) is 48.0 Å². The van der Waals surface area contributed by atoms with Gasteiger partial charge in [0, 0.05) is 11.3 Å². The summed E-state index contributed by atoms with van der Waals surface area (Å²) in [5.41, 5.74) is 4.19. The second-order valence-corrected chi connectivity index (χ2v) is 7.66. The van der Waals surface area contributed by atoms with E-state index in [2.05, 4.69) is 34.9 Å². The summed E-state index contributed by atoms with van der Waals surface area (Å²) < 4.78 is 0. The normalized spacial score (nSPS) is 19.1. The average Bonchev–Trinajstić information content (AvgIpc) is 2.66. The summed E-state index contributed by atoms with van der Waals surface area (Å²) in [5.74, 6) is -0.233. The van der Waals surface area contributed by atoms with Crippen LogP contribution < -0.4 is 20.4 Å². The van der Waals surface area contributed by atoms with Gasteiger partial charge in [0.2, 0.25) is 0 Å². The van der Waals surface area contributed by atoms with Gasteiger partial charge in [-0.25, -0.2) is 4.79 Å². The maximum Gasteiger partial charge on any atom is 0.326 e. The molecule has 0 radical (unpaired) electrons. The van der Waals surface area contributed by atoms with Gasteiger partial charge in [-0.2, -0.15) is 0 Å². The van der Waals surface area contributed by atoms with Crippen molar-refractivity contribution in [2.75, 3.05) is 38.0 Å². The molecule has 4 N–H and O–H groups in total. The van der Waals surface area contributed by atoms with Crippen LogP contribution in [-0.2, 0) is 11.3 Å². The Morgan fingerprint density at radius 3 is 2.29 bits per heavy atom. The highest BCUT2D eigenvalue weighted by Gasteiger charge is 2.25. The van der Waals surface area contributed by atoms with Crippen LogP contribution in [0, 0.1) is 13.8 Å². The molecule has 148 valence electrons. The quantitative estimate of drug-likeness (QED) is 0.585. The number of quaternary nitrogens is 2.